The van der Waals surface area contributed by atoms with E-state index in [9.17, 15) is 4.79 Å². The predicted octanol–water partition coefficient (Wildman–Crippen LogP) is 2.48. The van der Waals surface area contributed by atoms with Crippen molar-refractivity contribution in [1.82, 2.24) is 0 Å². The van der Waals surface area contributed by atoms with Gasteiger partial charge < -0.3 is 4.74 Å². The molecule has 2 nitrogen and oxygen atoms in total. The summed E-state index contributed by atoms with van der Waals surface area (Å²) in [4.78, 5) is 11.3. The smallest absolute Gasteiger partial charge is 0.159 e. The summed E-state index contributed by atoms with van der Waals surface area (Å²) in [5.74, 6) is 0.356. The van der Waals surface area contributed by atoms with Crippen LogP contribution in [0.4, 0.5) is 0 Å². The number of allylic oxidation sites excluding steroid dienone is 2. The molecule has 74 valence electrons. The van der Waals surface area contributed by atoms with Crippen molar-refractivity contribution in [2.24, 2.45) is 0 Å². The summed E-state index contributed by atoms with van der Waals surface area (Å²) in [6.07, 6.45) is 3.59. The van der Waals surface area contributed by atoms with Gasteiger partial charge in [0.25, 0.3) is 0 Å². The van der Waals surface area contributed by atoms with Gasteiger partial charge in [0.1, 0.15) is 0 Å². The van der Waals surface area contributed by atoms with E-state index < -0.39 is 0 Å². The minimum atomic E-state index is 0.356. The lowest BCUT2D eigenvalue weighted by molar-refractivity contribution is -0.115. The Morgan fingerprint density at radius 3 is 2.69 bits per heavy atom. The summed E-state index contributed by atoms with van der Waals surface area (Å²) in [5, 5.41) is 0. The fraction of sp³-hybridized carbons (Fsp3) is 0.727. The van der Waals surface area contributed by atoms with Crippen molar-refractivity contribution in [2.75, 3.05) is 13.2 Å². The monoisotopic (exact) mass is 182 g/mol. The molecule has 0 radical (unpaired) electrons. The third-order valence-corrected chi connectivity index (χ3v) is 2.50. The van der Waals surface area contributed by atoms with E-state index >= 15 is 0 Å². The van der Waals surface area contributed by atoms with Crippen molar-refractivity contribution < 1.29 is 9.53 Å². The van der Waals surface area contributed by atoms with Crippen molar-refractivity contribution in [1.29, 1.82) is 0 Å². The highest BCUT2D eigenvalue weighted by Gasteiger charge is 2.18. The van der Waals surface area contributed by atoms with Gasteiger partial charge in [-0.2, -0.15) is 0 Å². The largest absolute Gasteiger partial charge is 0.382 e. The molecule has 0 atom stereocenters. The van der Waals surface area contributed by atoms with E-state index in [1.54, 1.807) is 0 Å². The average molecular weight is 182 g/mol. The first-order chi connectivity index (χ1) is 6.25. The Balaban J connectivity index is 2.27. The van der Waals surface area contributed by atoms with E-state index in [0.717, 1.165) is 44.5 Å². The minimum absolute atomic E-state index is 0.356. The van der Waals surface area contributed by atoms with Crippen LogP contribution >= 0.6 is 0 Å². The molecular weight excluding hydrogens is 164 g/mol. The molecule has 0 heterocycles. The lowest BCUT2D eigenvalue weighted by Gasteiger charge is -2.02. The van der Waals surface area contributed by atoms with Crippen LogP contribution < -0.4 is 0 Å². The highest BCUT2D eigenvalue weighted by molar-refractivity contribution is 5.98. The second-order valence-corrected chi connectivity index (χ2v) is 3.48. The van der Waals surface area contributed by atoms with Crippen molar-refractivity contribution in [3.05, 3.63) is 11.1 Å². The molecule has 13 heavy (non-hydrogen) atoms. The van der Waals surface area contributed by atoms with Gasteiger partial charge in [-0.25, -0.2) is 0 Å². The molecule has 1 aliphatic carbocycles. The van der Waals surface area contributed by atoms with E-state index in [2.05, 4.69) is 6.92 Å². The van der Waals surface area contributed by atoms with Crippen LogP contribution in [0.1, 0.15) is 39.5 Å². The highest BCUT2D eigenvalue weighted by Crippen LogP contribution is 2.25. The van der Waals surface area contributed by atoms with E-state index in [-0.39, 0.29) is 0 Å². The topological polar surface area (TPSA) is 26.3 Å². The van der Waals surface area contributed by atoms with Crippen LogP contribution in [0.15, 0.2) is 11.1 Å². The first-order valence-electron chi connectivity index (χ1n) is 5.05. The Labute approximate surface area is 80.0 Å². The molecule has 0 saturated carbocycles. The lowest BCUT2D eigenvalue weighted by Crippen LogP contribution is -1.99. The van der Waals surface area contributed by atoms with E-state index in [1.165, 1.54) is 5.57 Å². The maximum absolute atomic E-state index is 11.3. The molecule has 0 fully saturated rings. The van der Waals surface area contributed by atoms with Crippen LogP contribution in [0, 0.1) is 0 Å². The van der Waals surface area contributed by atoms with Gasteiger partial charge in [-0.05, 0) is 38.7 Å². The van der Waals surface area contributed by atoms with Gasteiger partial charge in [0.2, 0.25) is 0 Å². The summed E-state index contributed by atoms with van der Waals surface area (Å²) < 4.78 is 5.23. The molecule has 0 aliphatic heterocycles. The van der Waals surface area contributed by atoms with Crippen molar-refractivity contribution in [3.8, 4) is 0 Å². The molecule has 0 aromatic heterocycles. The quantitative estimate of drug-likeness (QED) is 0.610. The lowest BCUT2D eigenvalue weighted by atomic mass is 10.1. The first kappa shape index (κ1) is 10.5. The number of ether oxygens (including phenoxy) is 1. The summed E-state index contributed by atoms with van der Waals surface area (Å²) in [6.45, 7) is 5.61. The zero-order chi connectivity index (χ0) is 9.68. The standard InChI is InChI=1S/C11H18O2/c1-3-13-8-4-5-10-9(2)6-7-11(10)12/h3-8H2,1-2H3. The van der Waals surface area contributed by atoms with Gasteiger partial charge >= 0.3 is 0 Å². The van der Waals surface area contributed by atoms with Gasteiger partial charge in [0.05, 0.1) is 0 Å². The molecule has 1 aliphatic rings. The molecule has 2 heteroatoms. The maximum Gasteiger partial charge on any atom is 0.159 e. The predicted molar refractivity (Wildman–Crippen MR) is 52.7 cm³/mol. The Bertz CT molecular complexity index is 216. The molecule has 0 aromatic rings. The molecule has 0 N–H and O–H groups in total. The Morgan fingerprint density at radius 1 is 1.38 bits per heavy atom. The normalized spacial score (nSPS) is 17.2. The Kier molecular flexibility index (Phi) is 4.16. The van der Waals surface area contributed by atoms with Gasteiger partial charge in [-0.3, -0.25) is 4.79 Å². The summed E-state index contributed by atoms with van der Waals surface area (Å²) in [6, 6.07) is 0. The molecular formula is C11H18O2. The molecule has 1 rings (SSSR count). The molecule has 0 bridgehead atoms. The fourth-order valence-electron chi connectivity index (χ4n) is 1.69. The Hall–Kier alpha value is -0.630. The van der Waals surface area contributed by atoms with Crippen LogP contribution in [0.3, 0.4) is 0 Å². The van der Waals surface area contributed by atoms with Crippen LogP contribution in [0.5, 0.6) is 0 Å². The third kappa shape index (κ3) is 2.96. The minimum Gasteiger partial charge on any atom is -0.382 e. The van der Waals surface area contributed by atoms with Crippen LogP contribution in [0.25, 0.3) is 0 Å². The SMILES string of the molecule is CCOCCCC1=C(C)CCC1=O. The summed E-state index contributed by atoms with van der Waals surface area (Å²) >= 11 is 0. The number of carbonyl (C=O) groups is 1. The number of rotatable bonds is 5. The van der Waals surface area contributed by atoms with Crippen molar-refractivity contribution in [3.63, 3.8) is 0 Å². The molecule has 0 spiro atoms. The van der Waals surface area contributed by atoms with Crippen molar-refractivity contribution >= 4 is 5.78 Å². The van der Waals surface area contributed by atoms with E-state index in [1.807, 2.05) is 6.92 Å². The van der Waals surface area contributed by atoms with Crippen molar-refractivity contribution in [2.45, 2.75) is 39.5 Å². The number of ketones is 1. The van der Waals surface area contributed by atoms with E-state index in [0.29, 0.717) is 5.78 Å². The van der Waals surface area contributed by atoms with Gasteiger partial charge in [0.15, 0.2) is 5.78 Å². The van der Waals surface area contributed by atoms with Gasteiger partial charge in [-0.15, -0.1) is 0 Å². The van der Waals surface area contributed by atoms with Crippen LogP contribution in [-0.4, -0.2) is 19.0 Å². The van der Waals surface area contributed by atoms with Gasteiger partial charge in [0, 0.05) is 19.6 Å². The molecule has 0 unspecified atom stereocenters. The Morgan fingerprint density at radius 2 is 2.15 bits per heavy atom. The number of Topliss-reactive ketones (excluding diaryl/α,β-unsaturated/α-hetero) is 1. The highest BCUT2D eigenvalue weighted by atomic mass is 16.5. The van der Waals surface area contributed by atoms with E-state index in [4.69, 9.17) is 4.74 Å². The third-order valence-electron chi connectivity index (χ3n) is 2.50. The number of carbonyl (C=O) groups excluding carboxylic acids is 1. The first-order valence-corrected chi connectivity index (χ1v) is 5.05. The average Bonchev–Trinajstić information content (AvgIpc) is 2.42. The zero-order valence-corrected chi connectivity index (χ0v) is 8.56. The second kappa shape index (κ2) is 5.18. The van der Waals surface area contributed by atoms with Crippen LogP contribution in [-0.2, 0) is 9.53 Å². The van der Waals surface area contributed by atoms with Gasteiger partial charge in [-0.1, -0.05) is 5.57 Å². The summed E-state index contributed by atoms with van der Waals surface area (Å²) in [5.41, 5.74) is 2.36. The number of hydrogen-bond acceptors (Lipinski definition) is 2. The second-order valence-electron chi connectivity index (χ2n) is 3.48. The number of hydrogen-bond donors (Lipinski definition) is 0. The zero-order valence-electron chi connectivity index (χ0n) is 8.56. The molecule has 0 aromatic carbocycles. The molecule has 0 amide bonds. The fourth-order valence-corrected chi connectivity index (χ4v) is 1.69. The summed E-state index contributed by atoms with van der Waals surface area (Å²) in [7, 11) is 0. The maximum atomic E-state index is 11.3. The van der Waals surface area contributed by atoms with Crippen LogP contribution in [0.2, 0.25) is 0 Å². The molecule has 0 saturated heterocycles.